The van der Waals surface area contributed by atoms with Crippen LogP contribution in [0.2, 0.25) is 0 Å². The Morgan fingerprint density at radius 1 is 1.14 bits per heavy atom. The third-order valence-electron chi connectivity index (χ3n) is 1.73. The second-order valence-corrected chi connectivity index (χ2v) is 2.75. The van der Waals surface area contributed by atoms with Crippen molar-refractivity contribution in [3.63, 3.8) is 0 Å². The highest BCUT2D eigenvalue weighted by molar-refractivity contribution is 5.04. The van der Waals surface area contributed by atoms with Gasteiger partial charge in [0.25, 0.3) is 0 Å². The van der Waals surface area contributed by atoms with Gasteiger partial charge in [-0.25, -0.2) is 0 Å². The number of hydrazine groups is 1. The molecule has 0 aliphatic rings. The van der Waals surface area contributed by atoms with Crippen molar-refractivity contribution in [3.05, 3.63) is 0 Å². The number of hydrogen-bond donors (Lipinski definition) is 3. The van der Waals surface area contributed by atoms with Crippen molar-refractivity contribution in [2.45, 2.75) is 18.4 Å². The maximum absolute atomic E-state index is 8.75. The molecular weight excluding hydrogens is 184 g/mol. The number of methoxy groups -OCH3 is 2. The number of nitrogens with zero attached hydrogens (tertiary/aromatic N) is 1. The van der Waals surface area contributed by atoms with E-state index in [9.17, 15) is 0 Å². The van der Waals surface area contributed by atoms with Crippen molar-refractivity contribution in [2.24, 2.45) is 17.4 Å². The fraction of sp³-hybridized carbons (Fsp3) is 0.875. The van der Waals surface area contributed by atoms with Crippen LogP contribution in [-0.4, -0.2) is 33.0 Å². The lowest BCUT2D eigenvalue weighted by molar-refractivity contribution is 0.149. The van der Waals surface area contributed by atoms with Crippen molar-refractivity contribution in [1.82, 2.24) is 0 Å². The van der Waals surface area contributed by atoms with E-state index in [4.69, 9.17) is 20.5 Å². The zero-order valence-corrected chi connectivity index (χ0v) is 8.82. The Balaban J connectivity index is 0. The number of hydrogen-bond acceptors (Lipinski definition) is 6. The van der Waals surface area contributed by atoms with Crippen LogP contribution in [0.5, 0.6) is 0 Å². The van der Waals surface area contributed by atoms with E-state index < -0.39 is 5.54 Å². The standard InChI is InChI=1S/C8H16N2O2.H4N2/c1-11-5-3-8(10,7-9)4-6-12-2;1-2/h3-6,10H2,1-2H3;1-2H2. The van der Waals surface area contributed by atoms with Crippen molar-refractivity contribution in [2.75, 3.05) is 27.4 Å². The highest BCUT2D eigenvalue weighted by Crippen LogP contribution is 2.10. The molecule has 0 spiro atoms. The van der Waals surface area contributed by atoms with E-state index >= 15 is 0 Å². The summed E-state index contributed by atoms with van der Waals surface area (Å²) in [5.74, 6) is 8.00. The van der Waals surface area contributed by atoms with Gasteiger partial charge in [0, 0.05) is 40.3 Å². The molecule has 0 amide bonds. The second-order valence-electron chi connectivity index (χ2n) is 2.75. The lowest BCUT2D eigenvalue weighted by Gasteiger charge is -2.20. The molecule has 0 heterocycles. The molecule has 0 aromatic carbocycles. The van der Waals surface area contributed by atoms with Gasteiger partial charge < -0.3 is 15.2 Å². The third-order valence-corrected chi connectivity index (χ3v) is 1.73. The van der Waals surface area contributed by atoms with Crippen LogP contribution < -0.4 is 17.4 Å². The summed E-state index contributed by atoms with van der Waals surface area (Å²) in [6, 6.07) is 2.07. The number of nitrogens with two attached hydrogens (primary N) is 3. The maximum Gasteiger partial charge on any atom is 0.108 e. The molecule has 0 aliphatic carbocycles. The van der Waals surface area contributed by atoms with E-state index in [1.54, 1.807) is 14.2 Å². The van der Waals surface area contributed by atoms with Crippen LogP contribution in [0, 0.1) is 11.3 Å². The van der Waals surface area contributed by atoms with Crippen molar-refractivity contribution < 1.29 is 9.47 Å². The first-order chi connectivity index (χ1) is 6.68. The topological polar surface area (TPSA) is 120 Å². The van der Waals surface area contributed by atoms with Gasteiger partial charge in [-0.1, -0.05) is 0 Å². The molecule has 0 radical (unpaired) electrons. The average molecular weight is 204 g/mol. The molecule has 0 bridgehead atoms. The summed E-state index contributed by atoms with van der Waals surface area (Å²) < 4.78 is 9.69. The van der Waals surface area contributed by atoms with Crippen LogP contribution in [0.3, 0.4) is 0 Å². The molecule has 0 aromatic rings. The van der Waals surface area contributed by atoms with Crippen LogP contribution in [-0.2, 0) is 9.47 Å². The van der Waals surface area contributed by atoms with Gasteiger partial charge in [-0.3, -0.25) is 11.7 Å². The molecular formula is C8H20N4O2. The first-order valence-electron chi connectivity index (χ1n) is 4.20. The summed E-state index contributed by atoms with van der Waals surface area (Å²) in [6.07, 6.45) is 1.09. The number of rotatable bonds is 6. The Kier molecular flexibility index (Phi) is 11.7. The molecule has 0 aromatic heterocycles. The van der Waals surface area contributed by atoms with Crippen LogP contribution in [0.15, 0.2) is 0 Å². The van der Waals surface area contributed by atoms with Gasteiger partial charge in [-0.15, -0.1) is 0 Å². The Morgan fingerprint density at radius 3 is 1.71 bits per heavy atom. The Labute approximate surface area is 84.9 Å². The minimum absolute atomic E-state index is 0.508. The number of ether oxygens (including phenoxy) is 2. The Morgan fingerprint density at radius 2 is 1.50 bits per heavy atom. The van der Waals surface area contributed by atoms with E-state index in [1.165, 1.54) is 0 Å². The molecule has 14 heavy (non-hydrogen) atoms. The summed E-state index contributed by atoms with van der Waals surface area (Å²) in [5, 5.41) is 8.75. The van der Waals surface area contributed by atoms with Gasteiger partial charge in [0.05, 0.1) is 6.07 Å². The first-order valence-corrected chi connectivity index (χ1v) is 4.20. The normalized spacial score (nSPS) is 10.0. The van der Waals surface area contributed by atoms with E-state index in [0.29, 0.717) is 26.1 Å². The zero-order valence-electron chi connectivity index (χ0n) is 8.82. The Bertz CT molecular complexity index is 150. The molecule has 0 saturated carbocycles. The minimum atomic E-state index is -0.800. The largest absolute Gasteiger partial charge is 0.385 e. The van der Waals surface area contributed by atoms with E-state index in [1.807, 2.05) is 0 Å². The molecule has 0 aliphatic heterocycles. The van der Waals surface area contributed by atoms with Crippen molar-refractivity contribution >= 4 is 0 Å². The van der Waals surface area contributed by atoms with Gasteiger partial charge in [0.2, 0.25) is 0 Å². The van der Waals surface area contributed by atoms with E-state index in [-0.39, 0.29) is 0 Å². The molecule has 0 saturated heterocycles. The fourth-order valence-corrected chi connectivity index (χ4v) is 0.805. The summed E-state index contributed by atoms with van der Waals surface area (Å²) in [5.41, 5.74) is 4.95. The van der Waals surface area contributed by atoms with Crippen LogP contribution >= 0.6 is 0 Å². The SMILES string of the molecule is COCCC(N)(C#N)CCOC.NN. The van der Waals surface area contributed by atoms with Crippen LogP contribution in [0.1, 0.15) is 12.8 Å². The smallest absolute Gasteiger partial charge is 0.108 e. The summed E-state index contributed by atoms with van der Waals surface area (Å²) in [7, 11) is 3.18. The highest BCUT2D eigenvalue weighted by Gasteiger charge is 2.23. The average Bonchev–Trinajstić information content (AvgIpc) is 2.26. The highest BCUT2D eigenvalue weighted by atomic mass is 16.5. The predicted molar refractivity (Wildman–Crippen MR) is 53.9 cm³/mol. The summed E-state index contributed by atoms with van der Waals surface area (Å²) >= 11 is 0. The molecule has 6 heteroatoms. The van der Waals surface area contributed by atoms with Crippen molar-refractivity contribution in [3.8, 4) is 6.07 Å². The lowest BCUT2D eigenvalue weighted by Crippen LogP contribution is -2.40. The summed E-state index contributed by atoms with van der Waals surface area (Å²) in [6.45, 7) is 1.02. The summed E-state index contributed by atoms with van der Waals surface area (Å²) in [4.78, 5) is 0. The lowest BCUT2D eigenvalue weighted by atomic mass is 9.95. The molecule has 0 unspecified atom stereocenters. The third kappa shape index (κ3) is 7.91. The molecule has 0 fully saturated rings. The van der Waals surface area contributed by atoms with Gasteiger partial charge in [0.1, 0.15) is 5.54 Å². The first kappa shape index (κ1) is 15.7. The van der Waals surface area contributed by atoms with Gasteiger partial charge in [0.15, 0.2) is 0 Å². The zero-order chi connectivity index (χ0) is 11.4. The van der Waals surface area contributed by atoms with Crippen LogP contribution in [0.4, 0.5) is 0 Å². The van der Waals surface area contributed by atoms with Gasteiger partial charge in [-0.2, -0.15) is 5.26 Å². The maximum atomic E-state index is 8.75. The van der Waals surface area contributed by atoms with E-state index in [0.717, 1.165) is 0 Å². The monoisotopic (exact) mass is 204 g/mol. The van der Waals surface area contributed by atoms with Crippen molar-refractivity contribution in [1.29, 1.82) is 5.26 Å². The predicted octanol–water partition coefficient (Wildman–Crippen LogP) is -0.901. The van der Waals surface area contributed by atoms with Gasteiger partial charge >= 0.3 is 0 Å². The molecule has 6 N–H and O–H groups in total. The molecule has 84 valence electrons. The minimum Gasteiger partial charge on any atom is -0.385 e. The Hall–Kier alpha value is -0.710. The molecule has 0 atom stereocenters. The quantitative estimate of drug-likeness (QED) is 0.381. The molecule has 6 nitrogen and oxygen atoms in total. The fourth-order valence-electron chi connectivity index (χ4n) is 0.805. The van der Waals surface area contributed by atoms with Gasteiger partial charge in [-0.05, 0) is 0 Å². The number of nitriles is 1. The van der Waals surface area contributed by atoms with E-state index in [2.05, 4.69) is 17.8 Å². The molecule has 0 rings (SSSR count). The second kappa shape index (κ2) is 10.4. The van der Waals surface area contributed by atoms with Crippen LogP contribution in [0.25, 0.3) is 0 Å².